The van der Waals surface area contributed by atoms with Crippen molar-refractivity contribution in [3.8, 4) is 5.75 Å². The Morgan fingerprint density at radius 1 is 1.26 bits per heavy atom. The number of benzene rings is 1. The fraction of sp³-hybridized carbons (Fsp3) is 0.188. The van der Waals surface area contributed by atoms with Crippen molar-refractivity contribution in [2.24, 2.45) is 0 Å². The van der Waals surface area contributed by atoms with Gasteiger partial charge in [0.1, 0.15) is 18.5 Å². The lowest BCUT2D eigenvalue weighted by atomic mass is 10.1. The van der Waals surface area contributed by atoms with Gasteiger partial charge in [-0.1, -0.05) is 0 Å². The molecular formula is C16H14BrNO5. The van der Waals surface area contributed by atoms with Crippen LogP contribution < -0.4 is 10.2 Å². The van der Waals surface area contributed by atoms with Crippen LogP contribution in [0.1, 0.15) is 16.1 Å². The second-order valence-electron chi connectivity index (χ2n) is 4.77. The summed E-state index contributed by atoms with van der Waals surface area (Å²) < 4.78 is 15.9. The molecule has 1 N–H and O–H groups in total. The van der Waals surface area contributed by atoms with E-state index < -0.39 is 5.97 Å². The Balaban J connectivity index is 1.57. The first-order chi connectivity index (χ1) is 11.2. The first-order valence-corrected chi connectivity index (χ1v) is 7.65. The highest BCUT2D eigenvalue weighted by atomic mass is 79.9. The summed E-state index contributed by atoms with van der Waals surface area (Å²) in [6.07, 6.45) is 1.49. The third kappa shape index (κ3) is 3.75. The molecule has 0 unspecified atom stereocenters. The van der Waals surface area contributed by atoms with Gasteiger partial charge in [-0.05, 0) is 64.0 Å². The molecule has 0 spiro atoms. The van der Waals surface area contributed by atoms with Gasteiger partial charge in [0.15, 0.2) is 4.67 Å². The molecule has 0 aliphatic carbocycles. The molecule has 0 radical (unpaired) electrons. The van der Waals surface area contributed by atoms with Crippen LogP contribution in [0.3, 0.4) is 0 Å². The second kappa shape index (κ2) is 6.89. The van der Waals surface area contributed by atoms with Gasteiger partial charge in [-0.25, -0.2) is 4.79 Å². The van der Waals surface area contributed by atoms with Gasteiger partial charge in [-0.3, -0.25) is 10.3 Å². The third-order valence-corrected chi connectivity index (χ3v) is 3.65. The van der Waals surface area contributed by atoms with E-state index in [1.165, 1.54) is 0 Å². The fourth-order valence-corrected chi connectivity index (χ4v) is 2.36. The van der Waals surface area contributed by atoms with Crippen molar-refractivity contribution in [2.75, 3.05) is 13.7 Å². The maximum Gasteiger partial charge on any atom is 0.374 e. The highest BCUT2D eigenvalue weighted by Gasteiger charge is 2.21. The Bertz CT molecular complexity index is 722. The summed E-state index contributed by atoms with van der Waals surface area (Å²) in [6.45, 7) is 0.0871. The van der Waals surface area contributed by atoms with Crippen LogP contribution >= 0.6 is 15.9 Å². The Morgan fingerprint density at radius 3 is 2.70 bits per heavy atom. The van der Waals surface area contributed by atoms with Gasteiger partial charge in [0.2, 0.25) is 5.76 Å². The van der Waals surface area contributed by atoms with Gasteiger partial charge in [0, 0.05) is 0 Å². The number of esters is 1. The summed E-state index contributed by atoms with van der Waals surface area (Å²) in [5, 5.41) is 0. The zero-order valence-electron chi connectivity index (χ0n) is 12.2. The molecule has 6 nitrogen and oxygen atoms in total. The van der Waals surface area contributed by atoms with E-state index in [2.05, 4.69) is 21.4 Å². The van der Waals surface area contributed by atoms with Crippen LogP contribution in [0.2, 0.25) is 0 Å². The minimum atomic E-state index is -0.536. The molecule has 0 saturated heterocycles. The average Bonchev–Trinajstić information content (AvgIpc) is 3.22. The van der Waals surface area contributed by atoms with Gasteiger partial charge in [0.25, 0.3) is 0 Å². The van der Waals surface area contributed by atoms with Crippen molar-refractivity contribution in [2.45, 2.75) is 6.10 Å². The van der Waals surface area contributed by atoms with E-state index in [4.69, 9.17) is 18.7 Å². The summed E-state index contributed by atoms with van der Waals surface area (Å²) in [4.78, 5) is 17.2. The van der Waals surface area contributed by atoms with E-state index in [9.17, 15) is 4.79 Å². The third-order valence-electron chi connectivity index (χ3n) is 3.23. The van der Waals surface area contributed by atoms with E-state index >= 15 is 0 Å². The van der Waals surface area contributed by atoms with Crippen LogP contribution in [0.25, 0.3) is 5.70 Å². The standard InChI is InChI=1S/C16H14BrNO5/c1-20-11-4-2-10(3-5-11)13-8-12(23-18-13)9-21-16(19)14-6-7-15(17)22-14/h2-8,12,18H,9H2,1H3/t12-/m0/s1. The minimum absolute atomic E-state index is 0.0871. The molecule has 0 bridgehead atoms. The van der Waals surface area contributed by atoms with Crippen molar-refractivity contribution in [3.05, 3.63) is 58.5 Å². The monoisotopic (exact) mass is 379 g/mol. The van der Waals surface area contributed by atoms with Gasteiger partial charge in [-0.15, -0.1) is 0 Å². The summed E-state index contributed by atoms with van der Waals surface area (Å²) in [5.74, 6) is 0.385. The molecule has 1 atom stereocenters. The predicted octanol–water partition coefficient (Wildman–Crippen LogP) is 3.15. The molecule has 1 aliphatic rings. The topological polar surface area (TPSA) is 69.9 Å². The number of carbonyl (C=O) groups is 1. The highest BCUT2D eigenvalue weighted by Crippen LogP contribution is 2.21. The molecular weight excluding hydrogens is 366 g/mol. The molecule has 120 valence electrons. The molecule has 3 rings (SSSR count). The number of carbonyl (C=O) groups excluding carboxylic acids is 1. The lowest BCUT2D eigenvalue weighted by Gasteiger charge is -2.07. The molecule has 0 fully saturated rings. The van der Waals surface area contributed by atoms with Crippen molar-refractivity contribution >= 4 is 27.6 Å². The number of hydroxylamine groups is 1. The molecule has 2 aromatic rings. The molecule has 0 amide bonds. The Hall–Kier alpha value is -2.25. The zero-order chi connectivity index (χ0) is 16.2. The lowest BCUT2D eigenvalue weighted by Crippen LogP contribution is -2.20. The van der Waals surface area contributed by atoms with E-state index in [-0.39, 0.29) is 18.5 Å². The molecule has 1 aliphatic heterocycles. The molecule has 7 heteroatoms. The summed E-state index contributed by atoms with van der Waals surface area (Å²) >= 11 is 3.13. The van der Waals surface area contributed by atoms with Crippen LogP contribution in [0.15, 0.2) is 51.6 Å². The van der Waals surface area contributed by atoms with E-state index in [0.29, 0.717) is 4.67 Å². The maximum atomic E-state index is 11.8. The van der Waals surface area contributed by atoms with Gasteiger partial charge in [0.05, 0.1) is 12.8 Å². The summed E-state index contributed by atoms with van der Waals surface area (Å²) in [7, 11) is 1.62. The van der Waals surface area contributed by atoms with Gasteiger partial charge < -0.3 is 13.9 Å². The van der Waals surface area contributed by atoms with Gasteiger partial charge >= 0.3 is 5.97 Å². The Morgan fingerprint density at radius 2 is 2.04 bits per heavy atom. The van der Waals surface area contributed by atoms with Crippen LogP contribution in [0.4, 0.5) is 0 Å². The minimum Gasteiger partial charge on any atom is -0.497 e. The maximum absolute atomic E-state index is 11.8. The first kappa shape index (κ1) is 15.6. The van der Waals surface area contributed by atoms with Crippen molar-refractivity contribution in [3.63, 3.8) is 0 Å². The lowest BCUT2D eigenvalue weighted by molar-refractivity contribution is -0.00520. The summed E-state index contributed by atoms with van der Waals surface area (Å²) in [5.41, 5.74) is 4.59. The van der Waals surface area contributed by atoms with Crippen molar-refractivity contribution in [1.82, 2.24) is 5.48 Å². The number of ether oxygens (including phenoxy) is 2. The Kier molecular flexibility index (Phi) is 4.68. The number of furan rings is 1. The normalized spacial score (nSPS) is 16.6. The molecule has 2 heterocycles. The van der Waals surface area contributed by atoms with E-state index in [1.54, 1.807) is 19.2 Å². The van der Waals surface area contributed by atoms with Gasteiger partial charge in [-0.2, -0.15) is 0 Å². The van der Waals surface area contributed by atoms with E-state index in [1.807, 2.05) is 30.3 Å². The molecule has 1 aromatic carbocycles. The molecule has 23 heavy (non-hydrogen) atoms. The molecule has 1 aromatic heterocycles. The first-order valence-electron chi connectivity index (χ1n) is 6.86. The highest BCUT2D eigenvalue weighted by molar-refractivity contribution is 9.10. The number of hydrogen-bond donors (Lipinski definition) is 1. The average molecular weight is 380 g/mol. The number of nitrogens with one attached hydrogen (secondary N) is 1. The number of rotatable bonds is 5. The number of hydrogen-bond acceptors (Lipinski definition) is 6. The predicted molar refractivity (Wildman–Crippen MR) is 85.7 cm³/mol. The van der Waals surface area contributed by atoms with Crippen LogP contribution in [0, 0.1) is 0 Å². The summed E-state index contributed by atoms with van der Waals surface area (Å²) in [6, 6.07) is 10.7. The zero-order valence-corrected chi connectivity index (χ0v) is 13.8. The van der Waals surface area contributed by atoms with Crippen LogP contribution in [-0.4, -0.2) is 25.8 Å². The second-order valence-corrected chi connectivity index (χ2v) is 5.55. The SMILES string of the molecule is COc1ccc(C2=C[C@@H](COC(=O)c3ccc(Br)o3)ON2)cc1. The molecule has 0 saturated carbocycles. The number of methoxy groups -OCH3 is 1. The smallest absolute Gasteiger partial charge is 0.374 e. The number of halogens is 1. The largest absolute Gasteiger partial charge is 0.497 e. The Labute approximate surface area is 141 Å². The van der Waals surface area contributed by atoms with Crippen molar-refractivity contribution < 1.29 is 23.5 Å². The van der Waals surface area contributed by atoms with Crippen molar-refractivity contribution in [1.29, 1.82) is 0 Å². The fourth-order valence-electron chi connectivity index (χ4n) is 2.05. The van der Waals surface area contributed by atoms with Crippen LogP contribution in [0.5, 0.6) is 5.75 Å². The van der Waals surface area contributed by atoms with Crippen LogP contribution in [-0.2, 0) is 9.57 Å². The van der Waals surface area contributed by atoms with E-state index in [0.717, 1.165) is 17.0 Å². The quantitative estimate of drug-likeness (QED) is 0.804.